The summed E-state index contributed by atoms with van der Waals surface area (Å²) >= 11 is 1.29. The summed E-state index contributed by atoms with van der Waals surface area (Å²) in [5, 5.41) is 1.81. The van der Waals surface area contributed by atoms with Gasteiger partial charge in [0.25, 0.3) is 11.5 Å². The number of hydrogen-bond donors (Lipinski definition) is 2. The van der Waals surface area contributed by atoms with Gasteiger partial charge in [0.15, 0.2) is 5.69 Å². The third-order valence-electron chi connectivity index (χ3n) is 4.04. The second kappa shape index (κ2) is 8.81. The number of nitrogen functional groups attached to an aromatic ring is 1. The Morgan fingerprint density at radius 2 is 2.15 bits per heavy atom. The number of nitrogens with two attached hydrogens (primary N) is 1. The molecule has 0 radical (unpaired) electrons. The topological polar surface area (TPSA) is 110 Å². The molecule has 142 valence electrons. The van der Waals surface area contributed by atoms with Crippen LogP contribution in [0.5, 0.6) is 0 Å². The first-order valence-electron chi connectivity index (χ1n) is 8.39. The first kappa shape index (κ1) is 19.9. The summed E-state index contributed by atoms with van der Waals surface area (Å²) < 4.78 is 6.38. The molecule has 0 aliphatic carbocycles. The number of ether oxygens (including phenoxy) is 1. The van der Waals surface area contributed by atoms with E-state index in [1.807, 2.05) is 25.3 Å². The number of nitrogens with one attached hydrogen (secondary N) is 1. The van der Waals surface area contributed by atoms with Gasteiger partial charge >= 0.3 is 5.69 Å². The molecule has 0 saturated carbocycles. The van der Waals surface area contributed by atoms with E-state index in [4.69, 9.17) is 10.5 Å². The molecule has 2 heterocycles. The van der Waals surface area contributed by atoms with Crippen molar-refractivity contribution in [2.45, 2.75) is 33.2 Å². The summed E-state index contributed by atoms with van der Waals surface area (Å²) in [6.45, 7) is 4.56. The SMILES string of the molecule is CCCCn1c(N)c(N(CCOC)C(=O)c2sccc2C)c(=O)[nH]c1=O. The Bertz CT molecular complexity index is 884. The molecule has 0 aromatic carbocycles. The Kier molecular flexibility index (Phi) is 6.76. The number of carbonyl (C=O) groups excluding carboxylic acids is 1. The highest BCUT2D eigenvalue weighted by Crippen LogP contribution is 2.23. The van der Waals surface area contributed by atoms with E-state index in [0.717, 1.165) is 18.4 Å². The second-order valence-corrected chi connectivity index (χ2v) is 6.80. The lowest BCUT2D eigenvalue weighted by Gasteiger charge is -2.24. The molecule has 0 unspecified atom stereocenters. The van der Waals surface area contributed by atoms with Crippen molar-refractivity contribution in [3.63, 3.8) is 0 Å². The van der Waals surface area contributed by atoms with E-state index >= 15 is 0 Å². The molecule has 2 aromatic rings. The van der Waals surface area contributed by atoms with E-state index < -0.39 is 11.2 Å². The van der Waals surface area contributed by atoms with Crippen LogP contribution in [0.1, 0.15) is 35.0 Å². The largest absolute Gasteiger partial charge is 0.383 e. The van der Waals surface area contributed by atoms with Crippen LogP contribution in [0.15, 0.2) is 21.0 Å². The molecule has 0 spiro atoms. The first-order valence-corrected chi connectivity index (χ1v) is 9.27. The molecular formula is C17H24N4O4S. The van der Waals surface area contributed by atoms with Gasteiger partial charge in [0.1, 0.15) is 5.82 Å². The summed E-state index contributed by atoms with van der Waals surface area (Å²) in [7, 11) is 1.51. The van der Waals surface area contributed by atoms with Crippen molar-refractivity contribution in [3.05, 3.63) is 42.7 Å². The Labute approximate surface area is 155 Å². The van der Waals surface area contributed by atoms with Crippen molar-refractivity contribution in [1.82, 2.24) is 9.55 Å². The van der Waals surface area contributed by atoms with Gasteiger partial charge in [-0.25, -0.2) is 4.79 Å². The average Bonchev–Trinajstić information content (AvgIpc) is 3.02. The summed E-state index contributed by atoms with van der Waals surface area (Å²) in [6.07, 6.45) is 1.59. The molecule has 8 nitrogen and oxygen atoms in total. The van der Waals surface area contributed by atoms with Gasteiger partial charge in [-0.3, -0.25) is 24.0 Å². The molecule has 0 fully saturated rings. The van der Waals surface area contributed by atoms with Crippen LogP contribution in [0.4, 0.5) is 11.5 Å². The van der Waals surface area contributed by atoms with Crippen molar-refractivity contribution >= 4 is 28.7 Å². The number of aromatic nitrogens is 2. The minimum Gasteiger partial charge on any atom is -0.383 e. The van der Waals surface area contributed by atoms with Gasteiger partial charge in [0.2, 0.25) is 0 Å². The molecule has 0 atom stereocenters. The molecule has 9 heteroatoms. The molecule has 3 N–H and O–H groups in total. The average molecular weight is 380 g/mol. The lowest BCUT2D eigenvalue weighted by Crippen LogP contribution is -2.42. The maximum atomic E-state index is 13.0. The van der Waals surface area contributed by atoms with E-state index in [1.165, 1.54) is 27.9 Å². The van der Waals surface area contributed by atoms with E-state index in [1.54, 1.807) is 0 Å². The quantitative estimate of drug-likeness (QED) is 0.722. The number of thiophene rings is 1. The number of rotatable bonds is 8. The van der Waals surface area contributed by atoms with Crippen molar-refractivity contribution in [3.8, 4) is 0 Å². The highest BCUT2D eigenvalue weighted by atomic mass is 32.1. The fraction of sp³-hybridized carbons (Fsp3) is 0.471. The summed E-state index contributed by atoms with van der Waals surface area (Å²) in [5.41, 5.74) is 5.68. The van der Waals surface area contributed by atoms with Crippen LogP contribution in [-0.2, 0) is 11.3 Å². The van der Waals surface area contributed by atoms with Gasteiger partial charge in [-0.05, 0) is 30.4 Å². The number of methoxy groups -OCH3 is 1. The van der Waals surface area contributed by atoms with Gasteiger partial charge in [-0.1, -0.05) is 13.3 Å². The molecule has 26 heavy (non-hydrogen) atoms. The van der Waals surface area contributed by atoms with Crippen molar-refractivity contribution in [2.75, 3.05) is 30.9 Å². The molecule has 1 amide bonds. The van der Waals surface area contributed by atoms with E-state index in [9.17, 15) is 14.4 Å². The Morgan fingerprint density at radius 1 is 1.42 bits per heavy atom. The number of amides is 1. The van der Waals surface area contributed by atoms with Gasteiger partial charge in [0.05, 0.1) is 11.5 Å². The predicted molar refractivity (Wildman–Crippen MR) is 103 cm³/mol. The number of aromatic amines is 1. The van der Waals surface area contributed by atoms with E-state index in [-0.39, 0.29) is 30.6 Å². The third-order valence-corrected chi connectivity index (χ3v) is 5.04. The number of nitrogens with zero attached hydrogens (tertiary/aromatic N) is 2. The number of carbonyl (C=O) groups is 1. The predicted octanol–water partition coefficient (Wildman–Crippen LogP) is 1.58. The Hall–Kier alpha value is -2.39. The summed E-state index contributed by atoms with van der Waals surface area (Å²) in [4.78, 5) is 41.7. The zero-order chi connectivity index (χ0) is 19.3. The highest BCUT2D eigenvalue weighted by Gasteiger charge is 2.26. The van der Waals surface area contributed by atoms with Crippen LogP contribution in [0.3, 0.4) is 0 Å². The second-order valence-electron chi connectivity index (χ2n) is 5.88. The standard InChI is InChI=1S/C17H24N4O4S/c1-4-5-7-21-14(18)12(15(22)19-17(21)24)20(8-9-25-3)16(23)13-11(2)6-10-26-13/h6,10H,4-5,7-9,18H2,1-3H3,(H,19,22,24). The maximum absolute atomic E-state index is 13.0. The van der Waals surface area contributed by atoms with Crippen LogP contribution in [0.2, 0.25) is 0 Å². The van der Waals surface area contributed by atoms with E-state index in [0.29, 0.717) is 11.4 Å². The van der Waals surface area contributed by atoms with Crippen molar-refractivity contribution in [1.29, 1.82) is 0 Å². The molecule has 2 rings (SSSR count). The zero-order valence-corrected chi connectivity index (χ0v) is 16.0. The van der Waals surface area contributed by atoms with Crippen LogP contribution < -0.4 is 21.9 Å². The van der Waals surface area contributed by atoms with Gasteiger partial charge in [0, 0.05) is 20.2 Å². The van der Waals surface area contributed by atoms with Crippen LogP contribution in [0.25, 0.3) is 0 Å². The molecule has 0 bridgehead atoms. The van der Waals surface area contributed by atoms with Crippen LogP contribution >= 0.6 is 11.3 Å². The number of unbranched alkanes of at least 4 members (excludes halogenated alkanes) is 1. The minimum absolute atomic E-state index is 0.00846. The third kappa shape index (κ3) is 4.05. The summed E-state index contributed by atoms with van der Waals surface area (Å²) in [6, 6.07) is 1.84. The first-order chi connectivity index (χ1) is 12.4. The van der Waals surface area contributed by atoms with Gasteiger partial charge in [-0.2, -0.15) is 0 Å². The van der Waals surface area contributed by atoms with Crippen molar-refractivity contribution in [2.24, 2.45) is 0 Å². The normalized spacial score (nSPS) is 10.9. The molecule has 0 saturated heterocycles. The van der Waals surface area contributed by atoms with Crippen molar-refractivity contribution < 1.29 is 9.53 Å². The van der Waals surface area contributed by atoms with E-state index in [2.05, 4.69) is 4.98 Å². The van der Waals surface area contributed by atoms with Gasteiger partial charge < -0.3 is 10.5 Å². The smallest absolute Gasteiger partial charge is 0.330 e. The van der Waals surface area contributed by atoms with Gasteiger partial charge in [-0.15, -0.1) is 11.3 Å². The lowest BCUT2D eigenvalue weighted by molar-refractivity contribution is 0.0979. The molecule has 0 aliphatic rings. The maximum Gasteiger partial charge on any atom is 0.330 e. The zero-order valence-electron chi connectivity index (χ0n) is 15.2. The van der Waals surface area contributed by atoms with Crippen LogP contribution in [-0.4, -0.2) is 35.7 Å². The number of H-pyrrole nitrogens is 1. The lowest BCUT2D eigenvalue weighted by atomic mass is 10.2. The molecule has 2 aromatic heterocycles. The molecular weight excluding hydrogens is 356 g/mol. The monoisotopic (exact) mass is 380 g/mol. The minimum atomic E-state index is -0.682. The number of hydrogen-bond acceptors (Lipinski definition) is 6. The number of aryl methyl sites for hydroxylation is 1. The number of anilines is 2. The Balaban J connectivity index is 2.57. The fourth-order valence-electron chi connectivity index (χ4n) is 2.59. The molecule has 0 aliphatic heterocycles. The fourth-order valence-corrected chi connectivity index (χ4v) is 3.46. The summed E-state index contributed by atoms with van der Waals surface area (Å²) in [5.74, 6) is -0.349. The Morgan fingerprint density at radius 3 is 2.73 bits per heavy atom. The van der Waals surface area contributed by atoms with Crippen LogP contribution in [0, 0.1) is 6.92 Å². The highest BCUT2D eigenvalue weighted by molar-refractivity contribution is 7.12.